The van der Waals surface area contributed by atoms with E-state index < -0.39 is 7.14 Å². The van der Waals surface area contributed by atoms with Crippen molar-refractivity contribution >= 4 is 42.2 Å². The summed E-state index contributed by atoms with van der Waals surface area (Å²) in [5.74, 6) is 0. The maximum absolute atomic E-state index is 11.3. The van der Waals surface area contributed by atoms with E-state index in [-0.39, 0.29) is 5.12 Å². The van der Waals surface area contributed by atoms with Crippen molar-refractivity contribution in [3.63, 3.8) is 0 Å². The van der Waals surface area contributed by atoms with Gasteiger partial charge in [-0.1, -0.05) is 0 Å². The summed E-state index contributed by atoms with van der Waals surface area (Å²) in [4.78, 5) is 11.3. The molecule has 0 radical (unpaired) electrons. The summed E-state index contributed by atoms with van der Waals surface area (Å²) < 4.78 is 0. The summed E-state index contributed by atoms with van der Waals surface area (Å²) in [6.07, 6.45) is 0. The molecule has 0 unspecified atom stereocenters. The van der Waals surface area contributed by atoms with Gasteiger partial charge in [0.1, 0.15) is 0 Å². The van der Waals surface area contributed by atoms with E-state index in [0.717, 1.165) is 5.49 Å². The third-order valence-electron chi connectivity index (χ3n) is 3.39. The predicted molar refractivity (Wildman–Crippen MR) is 92.2 cm³/mol. The molecule has 2 aromatic rings. The van der Waals surface area contributed by atoms with Gasteiger partial charge in [0.15, 0.2) is 0 Å². The molecule has 98 valence electrons. The van der Waals surface area contributed by atoms with E-state index in [1.807, 2.05) is 12.1 Å². The maximum atomic E-state index is 11.3. The average molecular weight is 288 g/mol. The van der Waals surface area contributed by atoms with Crippen molar-refractivity contribution in [1.82, 2.24) is 0 Å². The van der Waals surface area contributed by atoms with Gasteiger partial charge in [-0.25, -0.2) is 0 Å². The summed E-state index contributed by atoms with van der Waals surface area (Å²) in [7, 11) is 0.519. The molecule has 0 saturated carbocycles. The first-order chi connectivity index (χ1) is 9.13. The van der Waals surface area contributed by atoms with Crippen LogP contribution in [-0.4, -0.2) is 18.2 Å². The standard InChI is InChI=1S/C15H18BOPS/c1-13(17)19-12-18(16,14-8-4-2-5-9-14)15-10-6-3-7-11-15/h2-11,18H,12,16H2,1H3. The second kappa shape index (κ2) is 6.41. The minimum atomic E-state index is -1.82. The SMILES string of the molecule is B[PH](CSC(C)=O)(c1ccccc1)c1ccccc1. The molecule has 0 aliphatic carbocycles. The second-order valence-corrected chi connectivity index (χ2v) is 10.7. The third-order valence-corrected chi connectivity index (χ3v) is 9.89. The zero-order valence-electron chi connectivity index (χ0n) is 11.3. The van der Waals surface area contributed by atoms with Crippen LogP contribution in [0.1, 0.15) is 6.92 Å². The summed E-state index contributed by atoms with van der Waals surface area (Å²) >= 11 is 1.45. The number of carbonyl (C=O) groups is 1. The first kappa shape index (κ1) is 14.4. The zero-order valence-corrected chi connectivity index (χ0v) is 13.1. The van der Waals surface area contributed by atoms with E-state index in [1.165, 1.54) is 22.4 Å². The van der Waals surface area contributed by atoms with Gasteiger partial charge in [-0.2, -0.15) is 0 Å². The van der Waals surface area contributed by atoms with Crippen molar-refractivity contribution in [2.24, 2.45) is 0 Å². The first-order valence-electron chi connectivity index (χ1n) is 6.37. The van der Waals surface area contributed by atoms with Gasteiger partial charge in [0.25, 0.3) is 0 Å². The Morgan fingerprint density at radius 1 is 1.00 bits per heavy atom. The Balaban J connectivity index is 2.41. The molecule has 0 atom stereocenters. The van der Waals surface area contributed by atoms with Gasteiger partial charge >= 0.3 is 120 Å². The molecule has 0 aliphatic rings. The number of carbonyl (C=O) groups excluding carboxylic acids is 1. The Morgan fingerprint density at radius 2 is 1.42 bits per heavy atom. The molecule has 1 nitrogen and oxygen atoms in total. The van der Waals surface area contributed by atoms with Gasteiger partial charge in [0, 0.05) is 0 Å². The number of hydrogen-bond acceptors (Lipinski definition) is 2. The molecular formula is C15H18BOPS. The summed E-state index contributed by atoms with van der Waals surface area (Å²) in [5.41, 5.74) is 0.899. The van der Waals surface area contributed by atoms with Crippen LogP contribution in [0.4, 0.5) is 0 Å². The molecule has 2 rings (SSSR count). The van der Waals surface area contributed by atoms with Crippen LogP contribution in [0.25, 0.3) is 0 Å². The van der Waals surface area contributed by atoms with Crippen molar-refractivity contribution in [3.8, 4) is 0 Å². The van der Waals surface area contributed by atoms with Crippen LogP contribution in [0.15, 0.2) is 60.7 Å². The predicted octanol–water partition coefficient (Wildman–Crippen LogP) is 2.17. The fourth-order valence-corrected chi connectivity index (χ4v) is 7.68. The second-order valence-electron chi connectivity index (χ2n) is 4.84. The fourth-order valence-electron chi connectivity index (χ4n) is 2.19. The van der Waals surface area contributed by atoms with Crippen molar-refractivity contribution in [2.45, 2.75) is 6.92 Å². The van der Waals surface area contributed by atoms with Crippen LogP contribution in [-0.2, 0) is 4.79 Å². The zero-order chi connectivity index (χ0) is 13.7. The van der Waals surface area contributed by atoms with Crippen LogP contribution in [0, 0.1) is 0 Å². The first-order valence-corrected chi connectivity index (χ1v) is 10.1. The van der Waals surface area contributed by atoms with E-state index >= 15 is 0 Å². The number of rotatable bonds is 4. The van der Waals surface area contributed by atoms with E-state index in [4.69, 9.17) is 0 Å². The van der Waals surface area contributed by atoms with Gasteiger partial charge in [0.05, 0.1) is 0 Å². The van der Waals surface area contributed by atoms with E-state index in [2.05, 4.69) is 56.1 Å². The Hall–Kier alpha value is -1.05. The van der Waals surface area contributed by atoms with E-state index in [1.54, 1.807) is 6.92 Å². The topological polar surface area (TPSA) is 17.1 Å². The summed E-state index contributed by atoms with van der Waals surface area (Å²) in [6, 6.07) is 21.2. The monoisotopic (exact) mass is 288 g/mol. The molecule has 0 fully saturated rings. The van der Waals surface area contributed by atoms with E-state index in [9.17, 15) is 4.79 Å². The summed E-state index contributed by atoms with van der Waals surface area (Å²) in [6.45, 7) is 1.65. The quantitative estimate of drug-likeness (QED) is 0.633. The molecule has 0 saturated heterocycles. The minimum absolute atomic E-state index is 0.200. The Kier molecular flexibility index (Phi) is 4.84. The number of thioether (sulfide) groups is 1. The molecule has 0 spiro atoms. The fraction of sp³-hybridized carbons (Fsp3) is 0.133. The van der Waals surface area contributed by atoms with Crippen molar-refractivity contribution in [3.05, 3.63) is 60.7 Å². The molecule has 0 aromatic heterocycles. The third kappa shape index (κ3) is 3.49. The molecule has 0 N–H and O–H groups in total. The Morgan fingerprint density at radius 3 is 1.79 bits per heavy atom. The van der Waals surface area contributed by atoms with Crippen LogP contribution < -0.4 is 10.6 Å². The van der Waals surface area contributed by atoms with Crippen LogP contribution >= 0.6 is 18.9 Å². The molecule has 0 bridgehead atoms. The molecule has 2 aromatic carbocycles. The molecule has 0 amide bonds. The number of hydrogen-bond donors (Lipinski definition) is 0. The molecule has 0 heterocycles. The van der Waals surface area contributed by atoms with E-state index in [0.29, 0.717) is 0 Å². The van der Waals surface area contributed by atoms with Crippen LogP contribution in [0.3, 0.4) is 0 Å². The Labute approximate surface area is 120 Å². The average Bonchev–Trinajstić information content (AvgIpc) is 2.46. The van der Waals surface area contributed by atoms with Crippen LogP contribution in [0.5, 0.6) is 0 Å². The van der Waals surface area contributed by atoms with Gasteiger partial charge in [0.2, 0.25) is 0 Å². The Bertz CT molecular complexity index is 505. The van der Waals surface area contributed by atoms with Crippen LogP contribution in [0.2, 0.25) is 0 Å². The van der Waals surface area contributed by atoms with Gasteiger partial charge < -0.3 is 0 Å². The molecule has 19 heavy (non-hydrogen) atoms. The molecular weight excluding hydrogens is 270 g/mol. The van der Waals surface area contributed by atoms with Crippen molar-refractivity contribution in [2.75, 3.05) is 5.49 Å². The van der Waals surface area contributed by atoms with Gasteiger partial charge in [-0.05, 0) is 0 Å². The van der Waals surface area contributed by atoms with Gasteiger partial charge in [-0.15, -0.1) is 0 Å². The molecule has 0 aliphatic heterocycles. The van der Waals surface area contributed by atoms with Crippen molar-refractivity contribution < 1.29 is 4.79 Å². The van der Waals surface area contributed by atoms with Gasteiger partial charge in [-0.3, -0.25) is 0 Å². The number of benzene rings is 2. The molecule has 4 heteroatoms. The normalized spacial score (nSPS) is 12.1. The van der Waals surface area contributed by atoms with Crippen molar-refractivity contribution in [1.29, 1.82) is 0 Å². The summed E-state index contributed by atoms with van der Waals surface area (Å²) in [5, 5.41) is 2.97.